The molecule has 0 aromatic carbocycles. The monoisotopic (exact) mass is 772 g/mol. The van der Waals surface area contributed by atoms with Gasteiger partial charge in [0.1, 0.15) is 11.5 Å². The Kier molecular flexibility index (Phi) is 9.90. The molecule has 6 fully saturated rings. The zero-order valence-corrected chi connectivity index (χ0v) is 34.5. The molecule has 3 aromatic heterocycles. The van der Waals surface area contributed by atoms with Crippen LogP contribution >= 0.6 is 0 Å². The van der Waals surface area contributed by atoms with Gasteiger partial charge in [0.25, 0.3) is 0 Å². The molecule has 9 rings (SSSR count). The second-order valence-corrected chi connectivity index (χ2v) is 21.6. The van der Waals surface area contributed by atoms with Crippen LogP contribution in [0.1, 0.15) is 116 Å². The van der Waals surface area contributed by atoms with Crippen LogP contribution in [0.25, 0.3) is 22.4 Å². The maximum atomic E-state index is 13.2. The number of rotatable bonds is 11. The number of aromatic nitrogens is 4. The van der Waals surface area contributed by atoms with Crippen molar-refractivity contribution in [3.05, 3.63) is 36.3 Å². The van der Waals surface area contributed by atoms with Crippen molar-refractivity contribution < 1.29 is 18.8 Å². The summed E-state index contributed by atoms with van der Waals surface area (Å²) >= 11 is 0. The molecule has 0 radical (unpaired) electrons. The molecule has 0 amide bonds. The number of pyridine rings is 1. The minimum atomic E-state index is -2.85. The normalized spacial score (nSPS) is 36.5. The van der Waals surface area contributed by atoms with E-state index in [1.807, 2.05) is 18.3 Å². The maximum Gasteiger partial charge on any atom is 0.162 e. The summed E-state index contributed by atoms with van der Waals surface area (Å²) in [6.45, 7) is 11.0. The zero-order chi connectivity index (χ0) is 38.2. The van der Waals surface area contributed by atoms with E-state index in [9.17, 15) is 9.32 Å². The molecule has 10 atom stereocenters. The molecule has 3 aromatic rings. The van der Waals surface area contributed by atoms with E-state index in [-0.39, 0.29) is 12.1 Å². The van der Waals surface area contributed by atoms with Crippen LogP contribution in [-0.2, 0) is 30.5 Å². The van der Waals surface area contributed by atoms with E-state index in [1.54, 1.807) is 6.26 Å². The fourth-order valence-electron chi connectivity index (χ4n) is 12.7. The average Bonchev–Trinajstić information content (AvgIpc) is 3.80. The van der Waals surface area contributed by atoms with Crippen molar-refractivity contribution in [1.82, 2.24) is 19.5 Å². The molecular formula is C44H64N6O4S. The number of nitrogens with zero attached hydrogens (tertiary/aromatic N) is 5. The first-order valence-electron chi connectivity index (χ1n) is 21.6. The van der Waals surface area contributed by atoms with Crippen molar-refractivity contribution >= 4 is 26.6 Å². The Morgan fingerprint density at radius 3 is 2.62 bits per heavy atom. The predicted octanol–water partition coefficient (Wildman–Crippen LogP) is 8.34. The fourth-order valence-corrected chi connectivity index (χ4v) is 14.1. The highest BCUT2D eigenvalue weighted by Crippen LogP contribution is 2.66. The van der Waals surface area contributed by atoms with Crippen molar-refractivity contribution in [2.24, 2.45) is 34.5 Å². The molecule has 11 heteroatoms. The van der Waals surface area contributed by atoms with Gasteiger partial charge in [0.15, 0.2) is 5.82 Å². The van der Waals surface area contributed by atoms with E-state index in [0.29, 0.717) is 54.7 Å². The summed E-state index contributed by atoms with van der Waals surface area (Å²) in [4.78, 5) is 17.2. The van der Waals surface area contributed by atoms with Crippen LogP contribution in [0.5, 0.6) is 0 Å². The lowest BCUT2D eigenvalue weighted by molar-refractivity contribution is -0.141. The van der Waals surface area contributed by atoms with E-state index in [2.05, 4.69) is 42.5 Å². The van der Waals surface area contributed by atoms with E-state index >= 15 is 0 Å². The molecule has 5 saturated carbocycles. The van der Waals surface area contributed by atoms with Gasteiger partial charge in [-0.2, -0.15) is 0 Å². The van der Waals surface area contributed by atoms with Gasteiger partial charge in [-0.05, 0) is 143 Å². The second kappa shape index (κ2) is 14.3. The molecule has 1 unspecified atom stereocenters. The molecule has 4 heterocycles. The Bertz CT molecular complexity index is 2000. The number of hydrogen-bond acceptors (Lipinski definition) is 9. The smallest absolute Gasteiger partial charge is 0.162 e. The number of ether oxygens (including phenoxy) is 2. The summed E-state index contributed by atoms with van der Waals surface area (Å²) in [5.74, 6) is 4.61. The maximum absolute atomic E-state index is 13.2. The third-order valence-electron chi connectivity index (χ3n) is 16.1. The highest BCUT2D eigenvalue weighted by molar-refractivity contribution is 7.93. The molecular weight excluding hydrogens is 709 g/mol. The van der Waals surface area contributed by atoms with Gasteiger partial charge in [0.2, 0.25) is 0 Å². The zero-order valence-electron chi connectivity index (χ0n) is 33.7. The minimum absolute atomic E-state index is 0.0719. The number of morpholine rings is 1. The van der Waals surface area contributed by atoms with Crippen LogP contribution in [0.4, 0.5) is 5.82 Å². The molecule has 10 nitrogen and oxygen atoms in total. The molecule has 55 heavy (non-hydrogen) atoms. The van der Waals surface area contributed by atoms with Crippen LogP contribution in [0.2, 0.25) is 0 Å². The van der Waals surface area contributed by atoms with Gasteiger partial charge in [-0.15, -0.1) is 0 Å². The Hall–Kier alpha value is -2.60. The van der Waals surface area contributed by atoms with Crippen LogP contribution in [0.15, 0.2) is 30.6 Å². The van der Waals surface area contributed by atoms with Crippen molar-refractivity contribution in [3.8, 4) is 11.4 Å². The van der Waals surface area contributed by atoms with Gasteiger partial charge < -0.3 is 24.0 Å². The van der Waals surface area contributed by atoms with Gasteiger partial charge >= 0.3 is 0 Å². The molecule has 300 valence electrons. The fraction of sp³-hybridized carbons (Fsp3) is 0.750. The molecule has 1 saturated heterocycles. The molecule has 1 aliphatic heterocycles. The predicted molar refractivity (Wildman–Crippen MR) is 217 cm³/mol. The van der Waals surface area contributed by atoms with Crippen molar-refractivity contribution in [1.29, 1.82) is 4.78 Å². The van der Waals surface area contributed by atoms with Crippen molar-refractivity contribution in [2.75, 3.05) is 37.5 Å². The molecule has 0 bridgehead atoms. The van der Waals surface area contributed by atoms with Crippen molar-refractivity contribution in [2.45, 2.75) is 140 Å². The molecule has 6 aliphatic rings. The van der Waals surface area contributed by atoms with E-state index < -0.39 is 14.5 Å². The highest BCUT2D eigenvalue weighted by Gasteiger charge is 2.60. The Labute approximate surface area is 328 Å². The van der Waals surface area contributed by atoms with Gasteiger partial charge in [-0.25, -0.2) is 19.2 Å². The Morgan fingerprint density at radius 1 is 1.00 bits per heavy atom. The SMILES string of the molecule is C[C@@H]1COCCN1c1cc(C2([S@](C)(=N)=O)CC2)nc(-c2ccnc3c2ccn3CCCCCO[C@H]2CC[C@H]3[C@@H]4CC[C@H]5CC(O)CC[C@]5(C)[C@H]4CC[C@]23C)n1. The standard InChI is InChI=1S/C44H64N6O4S/c1-29-28-53-25-23-50(29)39-27-37(44(18-19-44)55(4,45)52)47-40(48-39)32-14-20-46-41-33(32)15-22-49(41)21-6-5-7-24-54-38-11-10-35-34-9-8-30-26-31(51)12-16-42(30,2)36(34)13-17-43(35,38)3/h14-15,20,22,27,29-31,34-36,38,45,51H,5-13,16-19,21,23-26,28H2,1-4H3/t29-,30+,31?,34+,35+,36+,38+,42+,43+,55-/m1/s1. The van der Waals surface area contributed by atoms with Crippen LogP contribution in [-0.4, -0.2) is 79.7 Å². The first-order chi connectivity index (χ1) is 26.4. The first-order valence-corrected chi connectivity index (χ1v) is 23.6. The lowest BCUT2D eigenvalue weighted by atomic mass is 9.45. The van der Waals surface area contributed by atoms with E-state index in [4.69, 9.17) is 29.2 Å². The third kappa shape index (κ3) is 6.55. The lowest BCUT2D eigenvalue weighted by Gasteiger charge is -2.60. The van der Waals surface area contributed by atoms with Gasteiger partial charge in [0, 0.05) is 55.4 Å². The first kappa shape index (κ1) is 37.9. The van der Waals surface area contributed by atoms with Crippen LogP contribution in [0.3, 0.4) is 0 Å². The second-order valence-electron chi connectivity index (χ2n) is 19.1. The topological polar surface area (TPSA) is 126 Å². The average molecular weight is 773 g/mol. The Balaban J connectivity index is 0.833. The lowest BCUT2D eigenvalue weighted by Crippen LogP contribution is -2.54. The molecule has 0 spiro atoms. The third-order valence-corrected chi connectivity index (χ3v) is 18.2. The molecule has 2 N–H and O–H groups in total. The largest absolute Gasteiger partial charge is 0.393 e. The Morgan fingerprint density at radius 2 is 1.82 bits per heavy atom. The number of unbranched alkanes of at least 4 members (excludes halogenated alkanes) is 2. The summed E-state index contributed by atoms with van der Waals surface area (Å²) in [5.41, 5.74) is 3.31. The highest BCUT2D eigenvalue weighted by atomic mass is 32.2. The number of aryl methyl sites for hydroxylation is 1. The van der Waals surface area contributed by atoms with Crippen LogP contribution < -0.4 is 4.90 Å². The summed E-state index contributed by atoms with van der Waals surface area (Å²) in [5, 5.41) is 11.4. The number of nitrogens with one attached hydrogen (secondary N) is 1. The van der Waals surface area contributed by atoms with Crippen LogP contribution in [0, 0.1) is 39.3 Å². The summed E-state index contributed by atoms with van der Waals surface area (Å²) in [7, 11) is -2.85. The quantitative estimate of drug-likeness (QED) is 0.186. The van der Waals surface area contributed by atoms with Crippen molar-refractivity contribution in [3.63, 3.8) is 0 Å². The summed E-state index contributed by atoms with van der Waals surface area (Å²) in [6, 6.07) is 6.26. The number of hydrogen-bond donors (Lipinski definition) is 2. The summed E-state index contributed by atoms with van der Waals surface area (Å²) < 4.78 is 35.8. The summed E-state index contributed by atoms with van der Waals surface area (Å²) in [6.07, 6.45) is 21.6. The van der Waals surface area contributed by atoms with Gasteiger partial charge in [0.05, 0.1) is 51.6 Å². The van der Waals surface area contributed by atoms with E-state index in [0.717, 1.165) is 97.7 Å². The van der Waals surface area contributed by atoms with E-state index in [1.165, 1.54) is 44.9 Å². The number of aliphatic hydroxyl groups is 1. The van der Waals surface area contributed by atoms with Gasteiger partial charge in [-0.1, -0.05) is 13.8 Å². The number of fused-ring (bicyclic) bond motifs is 6. The molecule has 5 aliphatic carbocycles. The number of aliphatic hydroxyl groups excluding tert-OH is 1. The number of anilines is 1. The minimum Gasteiger partial charge on any atom is -0.393 e. The van der Waals surface area contributed by atoms with Gasteiger partial charge in [-0.3, -0.25) is 4.78 Å².